The summed E-state index contributed by atoms with van der Waals surface area (Å²) in [5, 5.41) is 9.64. The SMILES string of the molecule is O=C([O-])CC(=O)C(F)(F)C(F)(F)C(F)(F)F. The minimum Gasteiger partial charge on any atom is -0.550 e. The van der Waals surface area contributed by atoms with Gasteiger partial charge in [0, 0.05) is 5.97 Å². The van der Waals surface area contributed by atoms with Crippen LogP contribution in [-0.4, -0.2) is 29.8 Å². The zero-order valence-corrected chi connectivity index (χ0v) is 7.08. The average molecular weight is 255 g/mol. The maximum atomic E-state index is 12.3. The molecule has 0 aliphatic carbocycles. The zero-order chi connectivity index (χ0) is 13.4. The number of hydrogen-bond acceptors (Lipinski definition) is 3. The van der Waals surface area contributed by atoms with Crippen molar-refractivity contribution in [1.82, 2.24) is 0 Å². The van der Waals surface area contributed by atoms with E-state index in [-0.39, 0.29) is 0 Å². The van der Waals surface area contributed by atoms with Crippen LogP contribution in [0.15, 0.2) is 0 Å². The topological polar surface area (TPSA) is 57.2 Å². The number of alkyl halides is 7. The smallest absolute Gasteiger partial charge is 0.460 e. The van der Waals surface area contributed by atoms with Crippen LogP contribution in [0.25, 0.3) is 0 Å². The number of rotatable bonds is 4. The molecule has 0 aromatic carbocycles. The highest BCUT2D eigenvalue weighted by Crippen LogP contribution is 2.47. The van der Waals surface area contributed by atoms with E-state index in [1.165, 1.54) is 0 Å². The van der Waals surface area contributed by atoms with Gasteiger partial charge in [-0.05, 0) is 0 Å². The molecule has 94 valence electrons. The standard InChI is InChI=1S/C6H3F7O3/c7-4(8,2(14)1-3(15)16)5(9,10)6(11,12)13/h1H2,(H,15,16)/p-1. The van der Waals surface area contributed by atoms with E-state index in [0.717, 1.165) is 0 Å². The Morgan fingerprint density at radius 1 is 0.938 bits per heavy atom. The molecule has 0 aromatic rings. The highest BCUT2D eigenvalue weighted by Gasteiger charge is 2.75. The van der Waals surface area contributed by atoms with E-state index >= 15 is 0 Å². The van der Waals surface area contributed by atoms with Crippen LogP contribution in [-0.2, 0) is 9.59 Å². The number of Topliss-reactive ketones (excluding diaryl/α,β-unsaturated/α-hetero) is 1. The van der Waals surface area contributed by atoms with Gasteiger partial charge in [-0.3, -0.25) is 4.79 Å². The van der Waals surface area contributed by atoms with Crippen molar-refractivity contribution in [3.8, 4) is 0 Å². The molecule has 0 saturated heterocycles. The first-order valence-corrected chi connectivity index (χ1v) is 3.39. The van der Waals surface area contributed by atoms with Gasteiger partial charge in [-0.15, -0.1) is 0 Å². The summed E-state index contributed by atoms with van der Waals surface area (Å²) in [6.45, 7) is 0. The van der Waals surface area contributed by atoms with E-state index < -0.39 is 36.2 Å². The normalized spacial score (nSPS) is 13.7. The van der Waals surface area contributed by atoms with Gasteiger partial charge in [-0.25, -0.2) is 0 Å². The van der Waals surface area contributed by atoms with Gasteiger partial charge in [-0.1, -0.05) is 0 Å². The van der Waals surface area contributed by atoms with Crippen LogP contribution in [0.5, 0.6) is 0 Å². The van der Waals surface area contributed by atoms with Crippen LogP contribution in [0.1, 0.15) is 6.42 Å². The van der Waals surface area contributed by atoms with E-state index in [2.05, 4.69) is 0 Å². The Morgan fingerprint density at radius 2 is 1.31 bits per heavy atom. The number of carbonyl (C=O) groups excluding carboxylic acids is 2. The lowest BCUT2D eigenvalue weighted by Crippen LogP contribution is -2.56. The Labute approximate surface area is 82.8 Å². The van der Waals surface area contributed by atoms with E-state index in [9.17, 15) is 45.4 Å². The first kappa shape index (κ1) is 14.7. The molecule has 0 amide bonds. The Bertz CT molecular complexity index is 306. The molecule has 0 bridgehead atoms. The molecule has 0 aliphatic heterocycles. The van der Waals surface area contributed by atoms with Crippen molar-refractivity contribution >= 4 is 11.8 Å². The Kier molecular flexibility index (Phi) is 3.58. The third kappa shape index (κ3) is 2.42. The molecule has 10 heteroatoms. The molecule has 0 aliphatic rings. The van der Waals surface area contributed by atoms with Crippen molar-refractivity contribution in [2.75, 3.05) is 0 Å². The van der Waals surface area contributed by atoms with Crippen molar-refractivity contribution in [1.29, 1.82) is 0 Å². The van der Waals surface area contributed by atoms with Crippen molar-refractivity contribution in [2.24, 2.45) is 0 Å². The predicted octanol–water partition coefficient (Wildman–Crippen LogP) is 0.528. The fourth-order valence-electron chi connectivity index (χ4n) is 0.595. The molecule has 0 saturated carbocycles. The van der Waals surface area contributed by atoms with Crippen LogP contribution >= 0.6 is 0 Å². The number of hydrogen-bond donors (Lipinski definition) is 0. The number of halogens is 7. The lowest BCUT2D eigenvalue weighted by molar-refractivity contribution is -0.344. The van der Waals surface area contributed by atoms with Gasteiger partial charge in [0.05, 0.1) is 6.42 Å². The number of carboxylic acid groups (broad SMARTS) is 1. The maximum absolute atomic E-state index is 12.3. The summed E-state index contributed by atoms with van der Waals surface area (Å²) < 4.78 is 83.3. The zero-order valence-electron chi connectivity index (χ0n) is 7.08. The Hall–Kier alpha value is -1.35. The summed E-state index contributed by atoms with van der Waals surface area (Å²) in [6.07, 6.45) is -8.91. The first-order chi connectivity index (χ1) is 6.84. The lowest BCUT2D eigenvalue weighted by Gasteiger charge is -2.26. The van der Waals surface area contributed by atoms with E-state index in [1.54, 1.807) is 0 Å². The molecule has 0 fully saturated rings. The van der Waals surface area contributed by atoms with Crippen molar-refractivity contribution in [3.05, 3.63) is 0 Å². The second kappa shape index (κ2) is 3.91. The third-order valence-electron chi connectivity index (χ3n) is 1.41. The van der Waals surface area contributed by atoms with Gasteiger partial charge >= 0.3 is 18.0 Å². The number of carboxylic acids is 1. The second-order valence-corrected chi connectivity index (χ2v) is 2.62. The van der Waals surface area contributed by atoms with Crippen LogP contribution in [0.4, 0.5) is 30.7 Å². The number of aliphatic carboxylic acids is 1. The molecular formula is C6H2F7O3-. The van der Waals surface area contributed by atoms with E-state index in [4.69, 9.17) is 0 Å². The van der Waals surface area contributed by atoms with Gasteiger partial charge in [0.1, 0.15) is 0 Å². The highest BCUT2D eigenvalue weighted by molar-refractivity contribution is 5.98. The molecule has 0 radical (unpaired) electrons. The maximum Gasteiger partial charge on any atom is 0.460 e. The first-order valence-electron chi connectivity index (χ1n) is 3.39. The summed E-state index contributed by atoms with van der Waals surface area (Å²) >= 11 is 0. The van der Waals surface area contributed by atoms with E-state index in [0.29, 0.717) is 0 Å². The number of carbonyl (C=O) groups is 2. The molecule has 0 spiro atoms. The van der Waals surface area contributed by atoms with Crippen molar-refractivity contribution in [3.63, 3.8) is 0 Å². The molecule has 0 aromatic heterocycles. The van der Waals surface area contributed by atoms with Crippen molar-refractivity contribution < 1.29 is 45.4 Å². The molecular weight excluding hydrogens is 253 g/mol. The lowest BCUT2D eigenvalue weighted by atomic mass is 10.0. The van der Waals surface area contributed by atoms with Crippen LogP contribution in [0.2, 0.25) is 0 Å². The minimum absolute atomic E-state index is 2.24. The van der Waals surface area contributed by atoms with Crippen LogP contribution in [0, 0.1) is 0 Å². The quantitative estimate of drug-likeness (QED) is 0.543. The number of ketones is 1. The minimum atomic E-state index is -6.67. The summed E-state index contributed by atoms with van der Waals surface area (Å²) in [5.41, 5.74) is 0. The van der Waals surface area contributed by atoms with Gasteiger partial charge < -0.3 is 9.90 Å². The Balaban J connectivity index is 5.19. The summed E-state index contributed by atoms with van der Waals surface area (Å²) in [5.74, 6) is -18.3. The molecule has 0 rings (SSSR count). The van der Waals surface area contributed by atoms with Gasteiger partial charge in [0.2, 0.25) is 5.78 Å². The fraction of sp³-hybridized carbons (Fsp3) is 0.667. The average Bonchev–Trinajstić information content (AvgIpc) is 2.00. The second-order valence-electron chi connectivity index (χ2n) is 2.62. The van der Waals surface area contributed by atoms with Gasteiger partial charge in [0.15, 0.2) is 0 Å². The molecule has 16 heavy (non-hydrogen) atoms. The van der Waals surface area contributed by atoms with Crippen LogP contribution in [0.3, 0.4) is 0 Å². The van der Waals surface area contributed by atoms with Gasteiger partial charge in [0.25, 0.3) is 0 Å². The van der Waals surface area contributed by atoms with Gasteiger partial charge in [-0.2, -0.15) is 30.7 Å². The Morgan fingerprint density at radius 3 is 1.56 bits per heavy atom. The summed E-state index contributed by atoms with van der Waals surface area (Å²) in [4.78, 5) is 19.9. The molecule has 3 nitrogen and oxygen atoms in total. The molecule has 0 heterocycles. The van der Waals surface area contributed by atoms with Crippen LogP contribution < -0.4 is 5.11 Å². The summed E-state index contributed by atoms with van der Waals surface area (Å²) in [6, 6.07) is 0. The summed E-state index contributed by atoms with van der Waals surface area (Å²) in [7, 11) is 0. The monoisotopic (exact) mass is 255 g/mol. The molecule has 0 atom stereocenters. The van der Waals surface area contributed by atoms with Crippen molar-refractivity contribution in [2.45, 2.75) is 24.4 Å². The van der Waals surface area contributed by atoms with E-state index in [1.807, 2.05) is 0 Å². The fourth-order valence-corrected chi connectivity index (χ4v) is 0.595. The predicted molar refractivity (Wildman–Crippen MR) is 30.6 cm³/mol. The third-order valence-corrected chi connectivity index (χ3v) is 1.41. The molecule has 0 N–H and O–H groups in total. The molecule has 0 unspecified atom stereocenters. The largest absolute Gasteiger partial charge is 0.550 e. The highest BCUT2D eigenvalue weighted by atomic mass is 19.4.